The van der Waals surface area contributed by atoms with Crippen molar-refractivity contribution in [3.05, 3.63) is 29.5 Å². The molecule has 0 saturated heterocycles. The molecule has 0 spiro atoms. The Morgan fingerprint density at radius 1 is 1.40 bits per heavy atom. The number of benzene rings is 1. The van der Waals surface area contributed by atoms with Crippen LogP contribution in [-0.4, -0.2) is 12.9 Å². The summed E-state index contributed by atoms with van der Waals surface area (Å²) in [6.45, 7) is 3.32. The Hall–Kier alpha value is -1.77. The fourth-order valence-corrected chi connectivity index (χ4v) is 1.83. The van der Waals surface area contributed by atoms with Gasteiger partial charge >= 0.3 is 0 Å². The number of hydrogen-bond donors (Lipinski definition) is 0. The highest BCUT2D eigenvalue weighted by atomic mass is 16.5. The summed E-state index contributed by atoms with van der Waals surface area (Å²) in [5.41, 5.74) is 1.31. The van der Waals surface area contributed by atoms with E-state index in [1.54, 1.807) is 14.0 Å². The second-order valence-electron chi connectivity index (χ2n) is 3.42. The fraction of sp³-hybridized carbons (Fsp3) is 0.250. The van der Waals surface area contributed by atoms with Crippen LogP contribution in [0.2, 0.25) is 0 Å². The molecule has 1 heterocycles. The van der Waals surface area contributed by atoms with E-state index in [0.29, 0.717) is 22.7 Å². The first-order chi connectivity index (χ1) is 7.15. The highest BCUT2D eigenvalue weighted by Gasteiger charge is 2.17. The zero-order valence-electron chi connectivity index (χ0n) is 8.96. The van der Waals surface area contributed by atoms with E-state index < -0.39 is 0 Å². The van der Waals surface area contributed by atoms with Crippen molar-refractivity contribution in [2.45, 2.75) is 13.8 Å². The normalized spacial score (nSPS) is 10.6. The molecule has 15 heavy (non-hydrogen) atoms. The minimum absolute atomic E-state index is 0.00394. The van der Waals surface area contributed by atoms with Crippen LogP contribution in [-0.2, 0) is 0 Å². The van der Waals surface area contributed by atoms with Gasteiger partial charge in [-0.3, -0.25) is 4.79 Å². The molecule has 3 heteroatoms. The lowest BCUT2D eigenvalue weighted by atomic mass is 10.1. The maximum Gasteiger partial charge on any atom is 0.164 e. The Bertz CT molecular complexity index is 523. The first-order valence-electron chi connectivity index (χ1n) is 4.72. The van der Waals surface area contributed by atoms with E-state index in [2.05, 4.69) is 0 Å². The summed E-state index contributed by atoms with van der Waals surface area (Å²) >= 11 is 0. The number of methoxy groups -OCH3 is 1. The molecule has 78 valence electrons. The summed E-state index contributed by atoms with van der Waals surface area (Å²) in [5.74, 6) is 1.31. The molecule has 3 nitrogen and oxygen atoms in total. The molecule has 0 amide bonds. The Morgan fingerprint density at radius 2 is 2.13 bits per heavy atom. The lowest BCUT2D eigenvalue weighted by Crippen LogP contribution is -1.94. The molecule has 0 aliphatic rings. The maximum atomic E-state index is 11.5. The number of hydrogen-bond acceptors (Lipinski definition) is 3. The number of carbonyl (C=O) groups is 1. The molecule has 0 aliphatic heterocycles. The molecule has 0 unspecified atom stereocenters. The predicted octanol–water partition coefficient (Wildman–Crippen LogP) is 2.95. The second kappa shape index (κ2) is 3.42. The molecule has 1 aromatic carbocycles. The first kappa shape index (κ1) is 9.77. The van der Waals surface area contributed by atoms with Gasteiger partial charge in [0.2, 0.25) is 0 Å². The smallest absolute Gasteiger partial charge is 0.164 e. The molecule has 0 atom stereocenters. The third-order valence-corrected chi connectivity index (χ3v) is 2.43. The molecule has 1 aromatic heterocycles. The van der Waals surface area contributed by atoms with Crippen molar-refractivity contribution in [3.63, 3.8) is 0 Å². The van der Waals surface area contributed by atoms with Crippen LogP contribution in [0.5, 0.6) is 5.75 Å². The molecule has 0 bridgehead atoms. The van der Waals surface area contributed by atoms with Crippen molar-refractivity contribution >= 4 is 16.8 Å². The zero-order valence-corrected chi connectivity index (χ0v) is 8.96. The quantitative estimate of drug-likeness (QED) is 0.706. The van der Waals surface area contributed by atoms with Gasteiger partial charge in [0, 0.05) is 0 Å². The predicted molar refractivity (Wildman–Crippen MR) is 57.5 cm³/mol. The van der Waals surface area contributed by atoms with Crippen molar-refractivity contribution in [2.24, 2.45) is 0 Å². The number of furan rings is 1. The van der Waals surface area contributed by atoms with Crippen LogP contribution < -0.4 is 4.74 Å². The molecule has 2 rings (SSSR count). The van der Waals surface area contributed by atoms with Gasteiger partial charge in [-0.15, -0.1) is 0 Å². The largest absolute Gasteiger partial charge is 0.496 e. The average Bonchev–Trinajstić information content (AvgIpc) is 2.53. The minimum atomic E-state index is -0.00394. The van der Waals surface area contributed by atoms with Gasteiger partial charge in [0.25, 0.3) is 0 Å². The number of ether oxygens (including phenoxy) is 1. The van der Waals surface area contributed by atoms with E-state index in [4.69, 9.17) is 9.15 Å². The van der Waals surface area contributed by atoms with Crippen LogP contribution in [0.3, 0.4) is 0 Å². The highest BCUT2D eigenvalue weighted by molar-refractivity contribution is 6.09. The fourth-order valence-electron chi connectivity index (χ4n) is 1.83. The average molecular weight is 204 g/mol. The molecule has 0 aliphatic carbocycles. The van der Waals surface area contributed by atoms with E-state index in [0.717, 1.165) is 5.39 Å². The Kier molecular flexibility index (Phi) is 2.23. The molecule has 0 radical (unpaired) electrons. The number of ketones is 1. The lowest BCUT2D eigenvalue weighted by molar-refractivity contribution is 0.101. The molecule has 2 aromatic rings. The summed E-state index contributed by atoms with van der Waals surface area (Å²) in [5, 5.41) is 0.769. The van der Waals surface area contributed by atoms with E-state index in [1.807, 2.05) is 18.2 Å². The number of Topliss-reactive ketones (excluding diaryl/α,β-unsaturated/α-hetero) is 1. The molecular weight excluding hydrogens is 192 g/mol. The maximum absolute atomic E-state index is 11.5. The van der Waals surface area contributed by atoms with Gasteiger partial charge in [0.1, 0.15) is 17.1 Å². The Morgan fingerprint density at radius 3 is 2.73 bits per heavy atom. The summed E-state index contributed by atoms with van der Waals surface area (Å²) in [6.07, 6.45) is 0. The Labute approximate surface area is 87.6 Å². The molecule has 0 fully saturated rings. The van der Waals surface area contributed by atoms with E-state index >= 15 is 0 Å². The molecular formula is C12H12O3. The number of rotatable bonds is 2. The van der Waals surface area contributed by atoms with E-state index in [9.17, 15) is 4.79 Å². The van der Waals surface area contributed by atoms with Crippen molar-refractivity contribution < 1.29 is 13.9 Å². The van der Waals surface area contributed by atoms with Gasteiger partial charge in [0.05, 0.1) is 18.1 Å². The number of aryl methyl sites for hydroxylation is 1. The zero-order chi connectivity index (χ0) is 11.0. The third-order valence-electron chi connectivity index (χ3n) is 2.43. The summed E-state index contributed by atoms with van der Waals surface area (Å²) in [7, 11) is 1.58. The van der Waals surface area contributed by atoms with Crippen LogP contribution in [0.1, 0.15) is 23.0 Å². The monoisotopic (exact) mass is 204 g/mol. The van der Waals surface area contributed by atoms with Gasteiger partial charge in [0.15, 0.2) is 5.78 Å². The van der Waals surface area contributed by atoms with Gasteiger partial charge in [-0.1, -0.05) is 6.07 Å². The minimum Gasteiger partial charge on any atom is -0.496 e. The molecule has 0 N–H and O–H groups in total. The third kappa shape index (κ3) is 1.40. The van der Waals surface area contributed by atoms with Crippen LogP contribution in [0, 0.1) is 6.92 Å². The van der Waals surface area contributed by atoms with Gasteiger partial charge in [-0.25, -0.2) is 0 Å². The topological polar surface area (TPSA) is 39.4 Å². The van der Waals surface area contributed by atoms with Crippen molar-refractivity contribution in [1.82, 2.24) is 0 Å². The van der Waals surface area contributed by atoms with Gasteiger partial charge in [-0.2, -0.15) is 0 Å². The molecule has 0 saturated carbocycles. The van der Waals surface area contributed by atoms with Crippen molar-refractivity contribution in [1.29, 1.82) is 0 Å². The summed E-state index contributed by atoms with van der Waals surface area (Å²) < 4.78 is 10.7. The van der Waals surface area contributed by atoms with Crippen molar-refractivity contribution in [3.8, 4) is 5.75 Å². The number of fused-ring (bicyclic) bond motifs is 1. The lowest BCUT2D eigenvalue weighted by Gasteiger charge is -2.01. The van der Waals surface area contributed by atoms with Crippen LogP contribution in [0.25, 0.3) is 11.0 Å². The summed E-state index contributed by atoms with van der Waals surface area (Å²) in [6, 6.07) is 5.50. The van der Waals surface area contributed by atoms with E-state index in [-0.39, 0.29) is 5.78 Å². The van der Waals surface area contributed by atoms with Gasteiger partial charge < -0.3 is 9.15 Å². The van der Waals surface area contributed by atoms with E-state index in [1.165, 1.54) is 6.92 Å². The van der Waals surface area contributed by atoms with Crippen molar-refractivity contribution in [2.75, 3.05) is 7.11 Å². The first-order valence-corrected chi connectivity index (χ1v) is 4.72. The standard InChI is InChI=1S/C12H12O3/c1-7(13)11-8(2)15-10-6-4-5-9(14-3)12(10)11/h4-6H,1-3H3. The summed E-state index contributed by atoms with van der Waals surface area (Å²) in [4.78, 5) is 11.5. The van der Waals surface area contributed by atoms with Crippen LogP contribution in [0.4, 0.5) is 0 Å². The van der Waals surface area contributed by atoms with Crippen LogP contribution >= 0.6 is 0 Å². The second-order valence-corrected chi connectivity index (χ2v) is 3.42. The SMILES string of the molecule is COc1cccc2oc(C)c(C(C)=O)c12. The van der Waals surface area contributed by atoms with Gasteiger partial charge in [-0.05, 0) is 26.0 Å². The Balaban J connectivity index is 2.88. The van der Waals surface area contributed by atoms with Crippen LogP contribution in [0.15, 0.2) is 22.6 Å². The highest BCUT2D eigenvalue weighted by Crippen LogP contribution is 2.33. The number of carbonyl (C=O) groups excluding carboxylic acids is 1.